The molecule has 0 atom stereocenters. The summed E-state index contributed by atoms with van der Waals surface area (Å²) in [7, 11) is 0. The second kappa shape index (κ2) is 29.7. The molecule has 0 amide bonds. The summed E-state index contributed by atoms with van der Waals surface area (Å²) in [6, 6.07) is 125. The van der Waals surface area contributed by atoms with E-state index in [1.807, 2.05) is 36.7 Å². The number of halogens is 2. The van der Waals surface area contributed by atoms with Gasteiger partial charge in [-0.05, 0) is 372 Å². The summed E-state index contributed by atoms with van der Waals surface area (Å²) in [5, 5.41) is 9.83. The number of benzene rings is 17. The third kappa shape index (κ3) is 11.7. The summed E-state index contributed by atoms with van der Waals surface area (Å²) < 4.78 is 49.2. The van der Waals surface area contributed by atoms with Crippen LogP contribution in [0.25, 0.3) is 188 Å². The number of hydrogen-bond donors (Lipinski definition) is 0. The van der Waals surface area contributed by atoms with Gasteiger partial charge in [0.25, 0.3) is 0 Å². The molecule has 0 radical (unpaired) electrons. The van der Waals surface area contributed by atoms with Crippen LogP contribution in [0.1, 0.15) is 120 Å². The molecular weight excluding hydrogens is 1600 g/mol. The topological polar surface area (TPSA) is 25.8 Å². The van der Waals surface area contributed by atoms with Crippen LogP contribution in [0.15, 0.2) is 370 Å². The fourth-order valence-electron chi connectivity index (χ4n) is 28.7. The first kappa shape index (κ1) is 75.7. The molecule has 0 aliphatic heterocycles. The average molecular weight is 1700 g/mol. The van der Waals surface area contributed by atoms with Crippen LogP contribution in [0.2, 0.25) is 0 Å². The van der Waals surface area contributed by atoms with Crippen LogP contribution in [-0.4, -0.2) is 9.97 Å². The summed E-state index contributed by atoms with van der Waals surface area (Å²) in [6.07, 6.45) is 16.5. The van der Waals surface area contributed by atoms with E-state index < -0.39 is 0 Å². The summed E-state index contributed by atoms with van der Waals surface area (Å²) in [4.78, 5) is 10.2. The van der Waals surface area contributed by atoms with Gasteiger partial charge in [0.15, 0.2) is 0 Å². The number of hydrogen-bond acceptors (Lipinski definition) is 2. The van der Waals surface area contributed by atoms with E-state index in [1.54, 1.807) is 18.2 Å². The molecule has 8 fully saturated rings. The van der Waals surface area contributed by atoms with Crippen molar-refractivity contribution >= 4 is 43.1 Å². The normalized spacial score (nSPS) is 22.0. The van der Waals surface area contributed by atoms with Crippen molar-refractivity contribution in [1.82, 2.24) is 9.97 Å². The molecule has 11 aliphatic rings. The standard InChI is InChI=1S/C67H52N2.C61H46F2/c1-66(2)57-22-9-7-15-50(57)51-28-25-43(37-60(51)66)42-13-11-14-44(36-42)63-52-16-3-5-18-54(52)64(55-19-6-4-17-53(55)63)46-27-30-62(69-39-46)61-29-26-45(38-68-61)49-21-12-24-59-65(49)56-20-8-10-23-58(56)67(59)47-32-40-31-41(34-47)35-48(67)33-40;1-36-13-15-42(16-14-36)58-50-9-2-4-11-52(50)59(53-12-5-3-10-51(53)58)43-23-19-40(20-24-43)45-8-6-7-44(32-45)39-17-21-41(22-18-39)55-33-49(63)35-57-60(55)54-26-25-48(62)34-56(54)61(57)46-28-37-27-38(30-46)31-47(61)29-37/h3-30,36-41,47-48H,31-35H2,1-2H3;2-26,32-35,37-38,46-47H,27-31H2,1H3/i10D,12D;. The predicted octanol–water partition coefficient (Wildman–Crippen LogP) is 33.8. The highest BCUT2D eigenvalue weighted by atomic mass is 19.1. The first-order valence-corrected chi connectivity index (χ1v) is 48.1. The molecule has 634 valence electrons. The Kier molecular flexibility index (Phi) is 17.1. The fourth-order valence-corrected chi connectivity index (χ4v) is 28.7. The molecule has 17 aromatic carbocycles. The molecule has 8 bridgehead atoms. The summed E-state index contributed by atoms with van der Waals surface area (Å²) in [5.41, 5.74) is 38.1. The molecular formula is C128H98F2N2. The molecule has 19 aromatic rings. The van der Waals surface area contributed by atoms with E-state index in [1.165, 1.54) is 207 Å². The van der Waals surface area contributed by atoms with Gasteiger partial charge >= 0.3 is 0 Å². The van der Waals surface area contributed by atoms with Crippen molar-refractivity contribution in [3.8, 4) is 145 Å². The zero-order valence-electron chi connectivity index (χ0n) is 76.4. The van der Waals surface area contributed by atoms with Crippen LogP contribution >= 0.6 is 0 Å². The minimum atomic E-state index is -0.302. The number of nitrogens with zero attached hydrogens (tertiary/aromatic N) is 2. The first-order chi connectivity index (χ1) is 65.6. The molecule has 0 saturated heterocycles. The zero-order valence-corrected chi connectivity index (χ0v) is 74.4. The van der Waals surface area contributed by atoms with E-state index in [4.69, 9.17) is 11.3 Å². The monoisotopic (exact) mass is 1700 g/mol. The van der Waals surface area contributed by atoms with E-state index in [9.17, 15) is 1.37 Å². The molecule has 8 saturated carbocycles. The minimum absolute atomic E-state index is 0.0626. The lowest BCUT2D eigenvalue weighted by molar-refractivity contribution is -0.0401. The van der Waals surface area contributed by atoms with Crippen LogP contribution in [0.3, 0.4) is 0 Å². The van der Waals surface area contributed by atoms with Gasteiger partial charge in [-0.2, -0.15) is 0 Å². The highest BCUT2D eigenvalue weighted by molar-refractivity contribution is 6.23. The van der Waals surface area contributed by atoms with Crippen LogP contribution in [0, 0.1) is 65.9 Å². The van der Waals surface area contributed by atoms with Crippen molar-refractivity contribution in [2.45, 2.75) is 101 Å². The van der Waals surface area contributed by atoms with E-state index in [2.05, 4.69) is 324 Å². The van der Waals surface area contributed by atoms with Crippen molar-refractivity contribution in [2.75, 3.05) is 0 Å². The minimum Gasteiger partial charge on any atom is -0.254 e. The van der Waals surface area contributed by atoms with Crippen molar-refractivity contribution in [1.29, 1.82) is 0 Å². The maximum atomic E-state index is 16.0. The molecule has 2 nitrogen and oxygen atoms in total. The maximum Gasteiger partial charge on any atom is 0.124 e. The Morgan fingerprint density at radius 3 is 1.18 bits per heavy atom. The van der Waals surface area contributed by atoms with Gasteiger partial charge in [-0.3, -0.25) is 9.97 Å². The van der Waals surface area contributed by atoms with Crippen molar-refractivity contribution in [3.05, 3.63) is 421 Å². The molecule has 11 aliphatic carbocycles. The molecule has 30 rings (SSSR count). The van der Waals surface area contributed by atoms with Gasteiger partial charge in [-0.15, -0.1) is 0 Å². The van der Waals surface area contributed by atoms with Gasteiger partial charge in [0.1, 0.15) is 11.6 Å². The van der Waals surface area contributed by atoms with Crippen LogP contribution in [-0.2, 0) is 16.2 Å². The van der Waals surface area contributed by atoms with Gasteiger partial charge in [0.05, 0.1) is 14.1 Å². The largest absolute Gasteiger partial charge is 0.254 e. The van der Waals surface area contributed by atoms with Crippen molar-refractivity contribution < 1.29 is 11.5 Å². The molecule has 132 heavy (non-hydrogen) atoms. The molecule has 0 N–H and O–H groups in total. The maximum absolute atomic E-state index is 16.0. The second-order valence-electron chi connectivity index (χ2n) is 40.7. The Hall–Kier alpha value is -14.1. The Balaban J connectivity index is 0.000000137. The van der Waals surface area contributed by atoms with E-state index in [-0.39, 0.29) is 27.9 Å². The predicted molar refractivity (Wildman–Crippen MR) is 542 cm³/mol. The van der Waals surface area contributed by atoms with E-state index in [0.717, 1.165) is 107 Å². The van der Waals surface area contributed by atoms with Crippen LogP contribution < -0.4 is 0 Å². The van der Waals surface area contributed by atoms with E-state index in [0.29, 0.717) is 35.8 Å². The highest BCUT2D eigenvalue weighted by Crippen LogP contribution is 2.73. The molecule has 2 aromatic heterocycles. The lowest BCUT2D eigenvalue weighted by Crippen LogP contribution is -2.55. The quantitative estimate of drug-likeness (QED) is 0.128. The fraction of sp³-hybridized carbons (Fsp3) is 0.188. The third-order valence-corrected chi connectivity index (χ3v) is 33.7. The van der Waals surface area contributed by atoms with Crippen LogP contribution in [0.4, 0.5) is 8.78 Å². The lowest BCUT2D eigenvalue weighted by atomic mass is 9.43. The van der Waals surface area contributed by atoms with Gasteiger partial charge < -0.3 is 0 Å². The lowest BCUT2D eigenvalue weighted by Gasteiger charge is -2.61. The van der Waals surface area contributed by atoms with Gasteiger partial charge in [0.2, 0.25) is 0 Å². The Labute approximate surface area is 773 Å². The van der Waals surface area contributed by atoms with E-state index >= 15 is 8.78 Å². The van der Waals surface area contributed by atoms with Crippen molar-refractivity contribution in [2.24, 2.45) is 47.3 Å². The SMILES string of the molecule is Cc1ccc(-c2c3ccccc3c(-c3ccc(-c4cccc(-c5ccc(-c6cc(F)cc7c6-c6ccc(F)cc6C76C7CC8CC(C7)CC6C8)cc5)c4)cc3)c3ccccc23)cc1.[2H]c1ccc2c(c1)C1(c3cc([2H])cc(-c4ccc(-c5ccc(-c6c7ccccc7c(-c7cccc(-c8ccc9c(c8)C(C)(C)c8ccccc8-9)c7)c7ccccc67)cn5)nc4)c3-2)C2CC3CC(C2)CC1C3. The molecule has 2 heterocycles. The zero-order chi connectivity index (χ0) is 89.3. The number of pyridine rings is 2. The Morgan fingerprint density at radius 2 is 0.636 bits per heavy atom. The van der Waals surface area contributed by atoms with Crippen LogP contribution in [0.5, 0.6) is 0 Å². The summed E-state index contributed by atoms with van der Waals surface area (Å²) in [5.74, 6) is 4.80. The average Bonchev–Trinajstić information content (AvgIpc) is 1.50. The molecule has 0 unspecified atom stereocenters. The Bertz CT molecular complexity index is 7970. The smallest absolute Gasteiger partial charge is 0.124 e. The summed E-state index contributed by atoms with van der Waals surface area (Å²) in [6.45, 7) is 6.84. The highest BCUT2D eigenvalue weighted by Gasteiger charge is 2.64. The summed E-state index contributed by atoms with van der Waals surface area (Å²) >= 11 is 0. The number of aromatic nitrogens is 2. The Morgan fingerprint density at radius 1 is 0.242 bits per heavy atom. The number of aryl methyl sites for hydroxylation is 1. The molecule has 4 heteroatoms. The van der Waals surface area contributed by atoms with Gasteiger partial charge in [-0.1, -0.05) is 323 Å². The third-order valence-electron chi connectivity index (χ3n) is 33.7. The number of fused-ring (bicyclic) bond motifs is 13. The first-order valence-electron chi connectivity index (χ1n) is 49.1. The second-order valence-corrected chi connectivity index (χ2v) is 40.7. The number of rotatable bonds is 10. The van der Waals surface area contributed by atoms with Gasteiger partial charge in [-0.25, -0.2) is 8.78 Å². The van der Waals surface area contributed by atoms with Crippen molar-refractivity contribution in [3.63, 3.8) is 0 Å². The van der Waals surface area contributed by atoms with Gasteiger partial charge in [0, 0.05) is 39.8 Å². The molecule has 2 spiro atoms.